The number of hydrogen-bond acceptors (Lipinski definition) is 3. The van der Waals surface area contributed by atoms with Crippen molar-refractivity contribution in [3.63, 3.8) is 0 Å². The highest BCUT2D eigenvalue weighted by atomic mass is 16.5. The number of amides is 1. The van der Waals surface area contributed by atoms with Gasteiger partial charge in [-0.05, 0) is 55.5 Å². The Morgan fingerprint density at radius 2 is 1.76 bits per heavy atom. The third kappa shape index (κ3) is 3.58. The van der Waals surface area contributed by atoms with Crippen molar-refractivity contribution < 1.29 is 14.3 Å². The summed E-state index contributed by atoms with van der Waals surface area (Å²) in [4.78, 5) is 26.9. The average Bonchev–Trinajstić information content (AvgIpc) is 2.62. The second kappa shape index (κ2) is 7.09. The van der Waals surface area contributed by atoms with Gasteiger partial charge in [0, 0.05) is 13.1 Å². The molecule has 3 rings (SSSR count). The molecule has 4 heteroatoms. The van der Waals surface area contributed by atoms with Gasteiger partial charge >= 0.3 is 5.97 Å². The molecular weight excluding hydrogens is 314 g/mol. The fraction of sp³-hybridized carbons (Fsp3) is 0.333. The fourth-order valence-electron chi connectivity index (χ4n) is 3.19. The first kappa shape index (κ1) is 17.2. The summed E-state index contributed by atoms with van der Waals surface area (Å²) in [6.45, 7) is 6.71. The van der Waals surface area contributed by atoms with Gasteiger partial charge in [0.15, 0.2) is 6.10 Å². The second-order valence-electron chi connectivity index (χ2n) is 6.57. The lowest BCUT2D eigenvalue weighted by Crippen LogP contribution is -2.42. The molecule has 0 fully saturated rings. The van der Waals surface area contributed by atoms with Crippen LogP contribution < -0.4 is 0 Å². The highest BCUT2D eigenvalue weighted by Gasteiger charge is 2.27. The Balaban J connectivity index is 1.67. The van der Waals surface area contributed by atoms with Crippen LogP contribution in [0, 0.1) is 13.8 Å². The number of aryl methyl sites for hydroxylation is 1. The van der Waals surface area contributed by atoms with Crippen LogP contribution in [0.4, 0.5) is 0 Å². The molecule has 25 heavy (non-hydrogen) atoms. The third-order valence-corrected chi connectivity index (χ3v) is 4.90. The van der Waals surface area contributed by atoms with E-state index in [4.69, 9.17) is 4.74 Å². The Morgan fingerprint density at radius 3 is 2.52 bits per heavy atom. The molecule has 0 N–H and O–H groups in total. The predicted octanol–water partition coefficient (Wildman–Crippen LogP) is 3.43. The summed E-state index contributed by atoms with van der Waals surface area (Å²) < 4.78 is 5.45. The molecule has 0 aromatic heterocycles. The number of benzene rings is 2. The Morgan fingerprint density at radius 1 is 1.04 bits per heavy atom. The van der Waals surface area contributed by atoms with E-state index < -0.39 is 12.1 Å². The predicted molar refractivity (Wildman–Crippen MR) is 96.4 cm³/mol. The van der Waals surface area contributed by atoms with E-state index in [1.54, 1.807) is 17.9 Å². The van der Waals surface area contributed by atoms with Gasteiger partial charge in [-0.3, -0.25) is 4.79 Å². The molecule has 0 unspecified atom stereocenters. The van der Waals surface area contributed by atoms with Gasteiger partial charge in [-0.25, -0.2) is 4.79 Å². The van der Waals surface area contributed by atoms with Gasteiger partial charge in [0.2, 0.25) is 0 Å². The van der Waals surface area contributed by atoms with Crippen molar-refractivity contribution in [3.05, 3.63) is 70.3 Å². The molecule has 0 saturated carbocycles. The van der Waals surface area contributed by atoms with Gasteiger partial charge in [0.1, 0.15) is 0 Å². The lowest BCUT2D eigenvalue weighted by Gasteiger charge is -2.30. The van der Waals surface area contributed by atoms with E-state index in [0.29, 0.717) is 18.7 Å². The van der Waals surface area contributed by atoms with Crippen molar-refractivity contribution in [1.82, 2.24) is 4.90 Å². The lowest BCUT2D eigenvalue weighted by atomic mass is 9.99. The van der Waals surface area contributed by atoms with Crippen molar-refractivity contribution in [3.8, 4) is 0 Å². The topological polar surface area (TPSA) is 46.6 Å². The number of nitrogens with zero attached hydrogens (tertiary/aromatic N) is 1. The Kier molecular flexibility index (Phi) is 4.88. The number of rotatable bonds is 3. The van der Waals surface area contributed by atoms with E-state index in [1.807, 2.05) is 44.2 Å². The Bertz CT molecular complexity index is 813. The minimum atomic E-state index is -0.794. The van der Waals surface area contributed by atoms with E-state index in [1.165, 1.54) is 5.56 Å². The van der Waals surface area contributed by atoms with E-state index in [0.717, 1.165) is 23.1 Å². The summed E-state index contributed by atoms with van der Waals surface area (Å²) in [6.07, 6.45) is 0.0391. The number of carbonyl (C=O) groups excluding carboxylic acids is 2. The molecule has 1 heterocycles. The van der Waals surface area contributed by atoms with Crippen molar-refractivity contribution in [2.75, 3.05) is 6.54 Å². The molecule has 0 radical (unpaired) electrons. The van der Waals surface area contributed by atoms with Crippen molar-refractivity contribution in [2.45, 2.75) is 39.8 Å². The van der Waals surface area contributed by atoms with Crippen LogP contribution in [0.5, 0.6) is 0 Å². The average molecular weight is 337 g/mol. The van der Waals surface area contributed by atoms with Gasteiger partial charge in [0.05, 0.1) is 5.56 Å². The fourth-order valence-corrected chi connectivity index (χ4v) is 3.19. The summed E-state index contributed by atoms with van der Waals surface area (Å²) in [5.74, 6) is -0.590. The summed E-state index contributed by atoms with van der Waals surface area (Å²) in [7, 11) is 0. The highest BCUT2D eigenvalue weighted by Crippen LogP contribution is 2.20. The van der Waals surface area contributed by atoms with E-state index in [-0.39, 0.29) is 5.91 Å². The maximum Gasteiger partial charge on any atom is 0.339 e. The lowest BCUT2D eigenvalue weighted by molar-refractivity contribution is -0.140. The van der Waals surface area contributed by atoms with Gasteiger partial charge in [-0.2, -0.15) is 0 Å². The second-order valence-corrected chi connectivity index (χ2v) is 6.57. The molecule has 1 amide bonds. The van der Waals surface area contributed by atoms with E-state index in [9.17, 15) is 9.59 Å². The maximum atomic E-state index is 12.7. The quantitative estimate of drug-likeness (QED) is 0.806. The molecule has 1 aliphatic heterocycles. The van der Waals surface area contributed by atoms with Crippen LogP contribution in [-0.4, -0.2) is 29.4 Å². The number of carbonyl (C=O) groups is 2. The summed E-state index contributed by atoms with van der Waals surface area (Å²) in [5.41, 5.74) is 4.88. The standard InChI is InChI=1S/C21H23NO3/c1-14-7-6-10-19(15(14)2)21(24)25-16(3)20(23)22-12-11-17-8-4-5-9-18(17)13-22/h4-10,16H,11-13H2,1-3H3/t16-/m1/s1. The molecule has 0 aliphatic carbocycles. The molecule has 0 spiro atoms. The molecule has 1 atom stereocenters. The number of fused-ring (bicyclic) bond motifs is 1. The van der Waals surface area contributed by atoms with Crippen LogP contribution in [0.25, 0.3) is 0 Å². The number of esters is 1. The Hall–Kier alpha value is -2.62. The minimum absolute atomic E-state index is 0.145. The monoisotopic (exact) mass is 337 g/mol. The summed E-state index contributed by atoms with van der Waals surface area (Å²) in [5, 5.41) is 0. The molecule has 0 saturated heterocycles. The van der Waals surface area contributed by atoms with Gasteiger partial charge in [-0.1, -0.05) is 36.4 Å². The zero-order valence-electron chi connectivity index (χ0n) is 14.9. The molecule has 1 aliphatic rings. The van der Waals surface area contributed by atoms with Gasteiger partial charge in [0.25, 0.3) is 5.91 Å². The first-order valence-electron chi connectivity index (χ1n) is 8.60. The number of ether oxygens (including phenoxy) is 1. The summed E-state index contributed by atoms with van der Waals surface area (Å²) >= 11 is 0. The third-order valence-electron chi connectivity index (χ3n) is 4.90. The SMILES string of the molecule is Cc1cccc(C(=O)O[C@H](C)C(=O)N2CCc3ccccc3C2)c1C. The normalized spacial score (nSPS) is 14.6. The first-order chi connectivity index (χ1) is 12.0. The number of hydrogen-bond donors (Lipinski definition) is 0. The molecule has 2 aromatic rings. The van der Waals surface area contributed by atoms with Crippen LogP contribution in [0.1, 0.15) is 39.5 Å². The zero-order chi connectivity index (χ0) is 18.0. The largest absolute Gasteiger partial charge is 0.449 e. The molecule has 4 nitrogen and oxygen atoms in total. The van der Waals surface area contributed by atoms with Crippen molar-refractivity contribution in [2.24, 2.45) is 0 Å². The van der Waals surface area contributed by atoms with E-state index in [2.05, 4.69) is 6.07 Å². The molecule has 2 aromatic carbocycles. The van der Waals surface area contributed by atoms with Crippen molar-refractivity contribution >= 4 is 11.9 Å². The molecule has 130 valence electrons. The van der Waals surface area contributed by atoms with E-state index >= 15 is 0 Å². The van der Waals surface area contributed by atoms with Crippen molar-refractivity contribution in [1.29, 1.82) is 0 Å². The van der Waals surface area contributed by atoms with Crippen LogP contribution >= 0.6 is 0 Å². The van der Waals surface area contributed by atoms with Crippen LogP contribution in [0.15, 0.2) is 42.5 Å². The first-order valence-corrected chi connectivity index (χ1v) is 8.60. The minimum Gasteiger partial charge on any atom is -0.449 e. The zero-order valence-corrected chi connectivity index (χ0v) is 14.9. The molecular formula is C21H23NO3. The maximum absolute atomic E-state index is 12.7. The van der Waals surface area contributed by atoms with Crippen LogP contribution in [0.3, 0.4) is 0 Å². The summed E-state index contributed by atoms with van der Waals surface area (Å²) in [6, 6.07) is 13.7. The van der Waals surface area contributed by atoms with Crippen LogP contribution in [0.2, 0.25) is 0 Å². The van der Waals surface area contributed by atoms with Crippen LogP contribution in [-0.2, 0) is 22.5 Å². The Labute approximate surface area is 148 Å². The highest BCUT2D eigenvalue weighted by molar-refractivity contribution is 5.93. The molecule has 0 bridgehead atoms. The smallest absolute Gasteiger partial charge is 0.339 e. The van der Waals surface area contributed by atoms with Gasteiger partial charge < -0.3 is 9.64 Å². The van der Waals surface area contributed by atoms with Gasteiger partial charge in [-0.15, -0.1) is 0 Å².